The maximum atomic E-state index is 13.4. The number of carbonyl (C=O) groups excluding carboxylic acids is 1. The average Bonchev–Trinajstić information content (AvgIpc) is 3.00. The molecule has 5 atom stereocenters. The number of fused-ring (bicyclic) bond motifs is 3. The van der Waals surface area contributed by atoms with Crippen LogP contribution in [0.15, 0.2) is 48.6 Å². The van der Waals surface area contributed by atoms with E-state index in [2.05, 4.69) is 9.62 Å². The topological polar surface area (TPSA) is 133 Å². The summed E-state index contributed by atoms with van der Waals surface area (Å²) in [6.07, 6.45) is 7.46. The highest BCUT2D eigenvalue weighted by atomic mass is 35.5. The van der Waals surface area contributed by atoms with Crippen LogP contribution >= 0.6 is 11.6 Å². The first kappa shape index (κ1) is 35.7. The van der Waals surface area contributed by atoms with Gasteiger partial charge in [0, 0.05) is 37.8 Å². The number of rotatable bonds is 3. The number of carbonyl (C=O) groups is 1. The zero-order chi connectivity index (χ0) is 34.1. The normalized spacial score (nSPS) is 29.3. The van der Waals surface area contributed by atoms with E-state index in [1.54, 1.807) is 44.2 Å². The zero-order valence-electron chi connectivity index (χ0n) is 27.5. The van der Waals surface area contributed by atoms with Crippen molar-refractivity contribution >= 4 is 43.2 Å². The van der Waals surface area contributed by atoms with Gasteiger partial charge in [-0.3, -0.25) is 4.79 Å². The predicted molar refractivity (Wildman–Crippen MR) is 185 cm³/mol. The van der Waals surface area contributed by atoms with E-state index in [1.165, 1.54) is 14.1 Å². The molecular formula is C34H46ClN3O7S2. The van der Waals surface area contributed by atoms with E-state index in [9.17, 15) is 26.7 Å². The third-order valence-corrected chi connectivity index (χ3v) is 14.3. The van der Waals surface area contributed by atoms with Gasteiger partial charge in [-0.05, 0) is 105 Å². The largest absolute Gasteiger partial charge is 0.487 e. The summed E-state index contributed by atoms with van der Waals surface area (Å²) in [4.78, 5) is 15.6. The van der Waals surface area contributed by atoms with Gasteiger partial charge in [-0.15, -0.1) is 0 Å². The lowest BCUT2D eigenvalue weighted by atomic mass is 9.64. The average molecular weight is 708 g/mol. The van der Waals surface area contributed by atoms with E-state index in [1.807, 2.05) is 18.2 Å². The Morgan fingerprint density at radius 3 is 2.57 bits per heavy atom. The van der Waals surface area contributed by atoms with Gasteiger partial charge in [0.1, 0.15) is 18.0 Å². The quantitative estimate of drug-likeness (QED) is 0.437. The molecule has 2 bridgehead atoms. The van der Waals surface area contributed by atoms with Gasteiger partial charge in [-0.25, -0.2) is 25.9 Å². The summed E-state index contributed by atoms with van der Waals surface area (Å²) in [5.74, 6) is -1.47. The Balaban J connectivity index is 1.59. The Labute approximate surface area is 284 Å². The minimum absolute atomic E-state index is 0.0434. The van der Waals surface area contributed by atoms with Gasteiger partial charge in [0.2, 0.25) is 20.0 Å². The second kappa shape index (κ2) is 14.1. The van der Waals surface area contributed by atoms with E-state index in [4.69, 9.17) is 16.3 Å². The van der Waals surface area contributed by atoms with Crippen molar-refractivity contribution in [1.29, 1.82) is 0 Å². The lowest BCUT2D eigenvalue weighted by Gasteiger charge is -2.48. The van der Waals surface area contributed by atoms with Gasteiger partial charge in [0.15, 0.2) is 0 Å². The highest BCUT2D eigenvalue weighted by Crippen LogP contribution is 2.45. The van der Waals surface area contributed by atoms with E-state index >= 15 is 0 Å². The lowest BCUT2D eigenvalue weighted by Crippen LogP contribution is -2.54. The van der Waals surface area contributed by atoms with Crippen LogP contribution in [0.2, 0.25) is 5.02 Å². The van der Waals surface area contributed by atoms with Crippen molar-refractivity contribution < 1.29 is 31.5 Å². The molecule has 2 aliphatic heterocycles. The summed E-state index contributed by atoms with van der Waals surface area (Å²) in [6, 6.07) is 10.7. The van der Waals surface area contributed by atoms with Gasteiger partial charge < -0.3 is 14.7 Å². The summed E-state index contributed by atoms with van der Waals surface area (Å²) < 4.78 is 62.7. The number of allylic oxidation sites excluding steroid dienone is 1. The van der Waals surface area contributed by atoms with Crippen LogP contribution in [-0.2, 0) is 33.1 Å². The smallest absolute Gasteiger partial charge is 0.264 e. The number of nitrogens with zero attached hydrogens (tertiary/aromatic N) is 2. The van der Waals surface area contributed by atoms with Crippen molar-refractivity contribution in [2.75, 3.05) is 37.8 Å². The molecule has 47 heavy (non-hydrogen) atoms. The standard InChI is InChI=1S/C34H46ClN3O7S2/c1-23-8-7-16-34(40,22-46(41,42)37(3)4)30-14-11-27(30)20-38-17-6-5-9-25-18-29(35)13-10-28(25)21-45-32-15-12-26(19-31(32)38)33(39)36-47(43,44)24(23)2/h7,10,12-13,15-16,18-19,23-24,27,30,40H,5-6,8-9,11,14,17,20-22H2,1-4H3,(H,36,39)/b16-7+/t23-,24+,27-,30+,34-/m0/s1. The number of benzene rings is 2. The van der Waals surface area contributed by atoms with Crippen LogP contribution in [-0.4, -0.2) is 75.9 Å². The molecular weight excluding hydrogens is 662 g/mol. The Bertz CT molecular complexity index is 1730. The van der Waals surface area contributed by atoms with Crippen LogP contribution in [0, 0.1) is 17.8 Å². The van der Waals surface area contributed by atoms with Gasteiger partial charge in [0.25, 0.3) is 5.91 Å². The first-order valence-corrected chi connectivity index (χ1v) is 19.8. The third-order valence-electron chi connectivity index (χ3n) is 10.2. The zero-order valence-corrected chi connectivity index (χ0v) is 29.9. The Morgan fingerprint density at radius 2 is 1.87 bits per heavy atom. The fraction of sp³-hybridized carbons (Fsp3) is 0.559. The Hall–Kier alpha value is -2.64. The highest BCUT2D eigenvalue weighted by Gasteiger charge is 2.48. The van der Waals surface area contributed by atoms with Gasteiger partial charge in [-0.2, -0.15) is 0 Å². The molecule has 2 N–H and O–H groups in total. The number of amides is 1. The highest BCUT2D eigenvalue weighted by molar-refractivity contribution is 7.90. The van der Waals surface area contributed by atoms with Crippen LogP contribution in [0.25, 0.3) is 0 Å². The van der Waals surface area contributed by atoms with Gasteiger partial charge >= 0.3 is 0 Å². The Morgan fingerprint density at radius 1 is 1.11 bits per heavy atom. The molecule has 1 fully saturated rings. The molecule has 0 radical (unpaired) electrons. The fourth-order valence-electron chi connectivity index (χ4n) is 6.77. The lowest BCUT2D eigenvalue weighted by molar-refractivity contribution is -0.0292. The minimum atomic E-state index is -4.07. The molecule has 0 aromatic heterocycles. The molecule has 0 unspecified atom stereocenters. The summed E-state index contributed by atoms with van der Waals surface area (Å²) >= 11 is 6.32. The molecule has 2 aromatic carbocycles. The first-order valence-electron chi connectivity index (χ1n) is 16.2. The molecule has 13 heteroatoms. The van der Waals surface area contributed by atoms with Crippen LogP contribution < -0.4 is 14.4 Å². The van der Waals surface area contributed by atoms with E-state index in [0.717, 1.165) is 41.1 Å². The SMILES string of the molecule is C[C@@H]1[C@@H](C)C/C=C/[C@](O)(CS(=O)(=O)N(C)C)[C@@H]2CC[C@H]2CN2CCCCc3cc(Cl)ccc3COc3ccc(cc32)C(=O)NS1(=O)=O. The summed E-state index contributed by atoms with van der Waals surface area (Å²) in [5.41, 5.74) is 1.30. The second-order valence-electron chi connectivity index (χ2n) is 13.6. The summed E-state index contributed by atoms with van der Waals surface area (Å²) in [7, 11) is -4.94. The number of hydrogen-bond donors (Lipinski definition) is 2. The number of nitrogens with one attached hydrogen (secondary N) is 1. The van der Waals surface area contributed by atoms with Gasteiger partial charge in [-0.1, -0.05) is 36.7 Å². The molecule has 258 valence electrons. The van der Waals surface area contributed by atoms with Crippen molar-refractivity contribution in [3.05, 3.63) is 70.3 Å². The number of aryl methyl sites for hydroxylation is 1. The van der Waals surface area contributed by atoms with Crippen LogP contribution in [0.3, 0.4) is 0 Å². The molecule has 5 rings (SSSR count). The van der Waals surface area contributed by atoms with Crippen molar-refractivity contribution in [2.24, 2.45) is 17.8 Å². The molecule has 10 nitrogen and oxygen atoms in total. The third kappa shape index (κ3) is 7.99. The van der Waals surface area contributed by atoms with Crippen molar-refractivity contribution in [2.45, 2.75) is 69.8 Å². The number of aliphatic hydroxyl groups is 1. The van der Waals surface area contributed by atoms with E-state index in [-0.39, 0.29) is 30.4 Å². The number of ether oxygens (including phenoxy) is 1. The van der Waals surface area contributed by atoms with Crippen molar-refractivity contribution in [3.8, 4) is 5.75 Å². The van der Waals surface area contributed by atoms with Crippen LogP contribution in [0.5, 0.6) is 5.75 Å². The Kier molecular flexibility index (Phi) is 10.7. The van der Waals surface area contributed by atoms with Gasteiger partial charge in [0.05, 0.1) is 16.7 Å². The van der Waals surface area contributed by atoms with Crippen molar-refractivity contribution in [1.82, 2.24) is 9.03 Å². The molecule has 0 saturated heterocycles. The fourth-order valence-corrected chi connectivity index (χ4v) is 9.41. The summed E-state index contributed by atoms with van der Waals surface area (Å²) in [6.45, 7) is 4.68. The summed E-state index contributed by atoms with van der Waals surface area (Å²) in [5, 5.41) is 11.9. The number of hydrogen-bond acceptors (Lipinski definition) is 8. The molecule has 2 heterocycles. The predicted octanol–water partition coefficient (Wildman–Crippen LogP) is 4.75. The molecule has 1 aliphatic carbocycles. The second-order valence-corrected chi connectivity index (χ2v) is 18.2. The number of sulfonamides is 2. The first-order chi connectivity index (χ1) is 22.1. The minimum Gasteiger partial charge on any atom is -0.487 e. The molecule has 1 amide bonds. The van der Waals surface area contributed by atoms with Crippen molar-refractivity contribution in [3.63, 3.8) is 0 Å². The number of anilines is 1. The monoisotopic (exact) mass is 707 g/mol. The van der Waals surface area contributed by atoms with E-state index < -0.39 is 48.5 Å². The van der Waals surface area contributed by atoms with Crippen LogP contribution in [0.4, 0.5) is 5.69 Å². The molecule has 1 saturated carbocycles. The molecule has 2 aromatic rings. The molecule has 0 spiro atoms. The number of halogens is 1. The maximum Gasteiger partial charge on any atom is 0.264 e. The van der Waals surface area contributed by atoms with Crippen LogP contribution in [0.1, 0.15) is 67.4 Å². The maximum absolute atomic E-state index is 13.4. The van der Waals surface area contributed by atoms with E-state index in [0.29, 0.717) is 36.0 Å². The molecule has 3 aliphatic rings.